The number of benzene rings is 2. The van der Waals surface area contributed by atoms with E-state index < -0.39 is 15.0 Å². The molecule has 0 amide bonds. The fraction of sp³-hybridized carbons (Fsp3) is 0. The summed E-state index contributed by atoms with van der Waals surface area (Å²) >= 11 is 0. The third kappa shape index (κ3) is 2.44. The first-order valence-electron chi connectivity index (χ1n) is 4.96. The highest BCUT2D eigenvalue weighted by Gasteiger charge is 2.11. The zero-order valence-electron chi connectivity index (χ0n) is 9.07. The van der Waals surface area contributed by atoms with E-state index in [0.717, 1.165) is 6.07 Å². The van der Waals surface area contributed by atoms with E-state index in [1.807, 2.05) is 0 Å². The van der Waals surface area contributed by atoms with Gasteiger partial charge in [0.15, 0.2) is 0 Å². The Morgan fingerprint density at radius 1 is 0.889 bits per heavy atom. The number of phenols is 2. The van der Waals surface area contributed by atoms with Crippen molar-refractivity contribution in [2.45, 2.75) is 4.90 Å². The quantitative estimate of drug-likeness (QED) is 0.805. The molecular weight excluding hydrogens is 256 g/mol. The van der Waals surface area contributed by atoms with E-state index >= 15 is 0 Å². The molecule has 2 N–H and O–H groups in total. The molecule has 0 heterocycles. The smallest absolute Gasteiger partial charge is 0.125 e. The van der Waals surface area contributed by atoms with Gasteiger partial charge in [-0.25, -0.2) is 8.42 Å². The molecule has 0 aliphatic rings. The molecule has 0 atom stereocenters. The van der Waals surface area contributed by atoms with Crippen LogP contribution < -0.4 is 0 Å². The van der Waals surface area contributed by atoms with Crippen molar-refractivity contribution in [3.8, 4) is 22.6 Å². The van der Waals surface area contributed by atoms with Crippen molar-refractivity contribution in [3.05, 3.63) is 42.5 Å². The standard InChI is InChI=1S/C12H10O5S/c13-9-3-1-8(2-4-9)11-6-5-10(14)7-12(11)18(15,16)17/h1-7,13-14H,(H,15,16,17)/p-1. The maximum atomic E-state index is 11.1. The molecule has 2 aromatic rings. The summed E-state index contributed by atoms with van der Waals surface area (Å²) in [5.74, 6) is -0.268. The molecule has 6 heteroatoms. The molecule has 0 bridgehead atoms. The summed E-state index contributed by atoms with van der Waals surface area (Å²) in [7, 11) is -4.69. The molecule has 2 rings (SSSR count). The normalized spacial score (nSPS) is 11.4. The first-order valence-corrected chi connectivity index (χ1v) is 6.37. The molecular formula is C12H9O5S-. The van der Waals surface area contributed by atoms with Crippen LogP contribution in [0.25, 0.3) is 11.1 Å². The van der Waals surface area contributed by atoms with E-state index in [9.17, 15) is 18.1 Å². The van der Waals surface area contributed by atoms with Crippen LogP contribution in [0.5, 0.6) is 11.5 Å². The van der Waals surface area contributed by atoms with Gasteiger partial charge in [-0.05, 0) is 41.5 Å². The molecule has 2 aromatic carbocycles. The third-order valence-electron chi connectivity index (χ3n) is 2.41. The minimum absolute atomic E-state index is 0.0315. The fourth-order valence-corrected chi connectivity index (χ4v) is 2.32. The van der Waals surface area contributed by atoms with Crippen molar-refractivity contribution in [3.63, 3.8) is 0 Å². The van der Waals surface area contributed by atoms with Gasteiger partial charge >= 0.3 is 0 Å². The lowest BCUT2D eigenvalue weighted by molar-refractivity contribution is 0.456. The fourth-order valence-electron chi connectivity index (χ4n) is 1.60. The van der Waals surface area contributed by atoms with Gasteiger partial charge in [0.2, 0.25) is 0 Å². The van der Waals surface area contributed by atoms with Crippen LogP contribution in [0.3, 0.4) is 0 Å². The molecule has 0 unspecified atom stereocenters. The summed E-state index contributed by atoms with van der Waals surface area (Å²) in [5, 5.41) is 18.4. The minimum Gasteiger partial charge on any atom is -0.744 e. The van der Waals surface area contributed by atoms with E-state index in [-0.39, 0.29) is 17.1 Å². The summed E-state index contributed by atoms with van der Waals surface area (Å²) in [5.41, 5.74) is 0.644. The first-order chi connectivity index (χ1) is 8.38. The summed E-state index contributed by atoms with van der Waals surface area (Å²) in [6.07, 6.45) is 0. The van der Waals surface area contributed by atoms with Crippen molar-refractivity contribution in [2.24, 2.45) is 0 Å². The van der Waals surface area contributed by atoms with Gasteiger partial charge in [-0.2, -0.15) is 0 Å². The number of rotatable bonds is 2. The lowest BCUT2D eigenvalue weighted by Gasteiger charge is -2.13. The van der Waals surface area contributed by atoms with Crippen LogP contribution in [0.2, 0.25) is 0 Å². The van der Waals surface area contributed by atoms with Gasteiger partial charge in [0.1, 0.15) is 21.6 Å². The van der Waals surface area contributed by atoms with Gasteiger partial charge in [-0.1, -0.05) is 12.1 Å². The number of phenolic OH excluding ortho intramolecular Hbond substituents is 2. The predicted molar refractivity (Wildman–Crippen MR) is 63.2 cm³/mol. The Hall–Kier alpha value is -2.05. The monoisotopic (exact) mass is 265 g/mol. The highest BCUT2D eigenvalue weighted by Crippen LogP contribution is 2.31. The summed E-state index contributed by atoms with van der Waals surface area (Å²) < 4.78 is 33.4. The van der Waals surface area contributed by atoms with Crippen LogP contribution in [0.1, 0.15) is 0 Å². The number of hydrogen-bond donors (Lipinski definition) is 2. The molecule has 0 radical (unpaired) electrons. The van der Waals surface area contributed by atoms with Crippen molar-refractivity contribution in [1.82, 2.24) is 0 Å². The van der Waals surface area contributed by atoms with Gasteiger partial charge in [-0.15, -0.1) is 0 Å². The average Bonchev–Trinajstić information content (AvgIpc) is 2.29. The second kappa shape index (κ2) is 4.32. The number of hydrogen-bond acceptors (Lipinski definition) is 5. The van der Waals surface area contributed by atoms with Crippen molar-refractivity contribution in [2.75, 3.05) is 0 Å². The van der Waals surface area contributed by atoms with Crippen LogP contribution in [-0.2, 0) is 10.1 Å². The summed E-state index contributed by atoms with van der Waals surface area (Å²) in [4.78, 5) is -0.492. The van der Waals surface area contributed by atoms with Gasteiger partial charge in [0.05, 0.1) is 4.90 Å². The lowest BCUT2D eigenvalue weighted by Crippen LogP contribution is -2.01. The predicted octanol–water partition coefficient (Wildman–Crippen LogP) is 1.67. The second-order valence-electron chi connectivity index (χ2n) is 3.68. The van der Waals surface area contributed by atoms with E-state index in [4.69, 9.17) is 5.11 Å². The minimum atomic E-state index is -4.69. The topological polar surface area (TPSA) is 97.7 Å². The Balaban J connectivity index is 2.68. The van der Waals surface area contributed by atoms with E-state index in [2.05, 4.69) is 0 Å². The highest BCUT2D eigenvalue weighted by atomic mass is 32.2. The van der Waals surface area contributed by atoms with E-state index in [1.165, 1.54) is 36.4 Å². The number of aromatic hydroxyl groups is 2. The molecule has 0 saturated heterocycles. The van der Waals surface area contributed by atoms with Crippen LogP contribution in [-0.4, -0.2) is 23.2 Å². The molecule has 0 saturated carbocycles. The molecule has 0 aliphatic heterocycles. The Labute approximate surface area is 104 Å². The first kappa shape index (κ1) is 12.4. The van der Waals surface area contributed by atoms with Gasteiger partial charge in [0.25, 0.3) is 0 Å². The zero-order chi connectivity index (χ0) is 13.3. The van der Waals surface area contributed by atoms with Gasteiger partial charge < -0.3 is 14.8 Å². The maximum Gasteiger partial charge on any atom is 0.125 e. The van der Waals surface area contributed by atoms with Crippen LogP contribution in [0.15, 0.2) is 47.4 Å². The molecule has 0 fully saturated rings. The molecule has 0 spiro atoms. The van der Waals surface area contributed by atoms with Crippen LogP contribution in [0, 0.1) is 0 Å². The third-order valence-corrected chi connectivity index (χ3v) is 3.29. The SMILES string of the molecule is O=S(=O)([O-])c1cc(O)ccc1-c1ccc(O)cc1. The van der Waals surface area contributed by atoms with Crippen LogP contribution >= 0.6 is 0 Å². The van der Waals surface area contributed by atoms with Crippen molar-refractivity contribution < 1.29 is 23.2 Å². The Morgan fingerprint density at radius 3 is 2.00 bits per heavy atom. The molecule has 0 aromatic heterocycles. The van der Waals surface area contributed by atoms with E-state index in [0.29, 0.717) is 5.56 Å². The summed E-state index contributed by atoms with van der Waals surface area (Å²) in [6, 6.07) is 9.26. The second-order valence-corrected chi connectivity index (χ2v) is 5.03. The zero-order valence-corrected chi connectivity index (χ0v) is 9.89. The summed E-state index contributed by atoms with van der Waals surface area (Å²) in [6.45, 7) is 0. The average molecular weight is 265 g/mol. The highest BCUT2D eigenvalue weighted by molar-refractivity contribution is 7.85. The molecule has 18 heavy (non-hydrogen) atoms. The van der Waals surface area contributed by atoms with Crippen molar-refractivity contribution >= 4 is 10.1 Å². The Kier molecular flexibility index (Phi) is 2.98. The lowest BCUT2D eigenvalue weighted by atomic mass is 10.1. The Morgan fingerprint density at radius 2 is 1.44 bits per heavy atom. The van der Waals surface area contributed by atoms with Crippen LogP contribution in [0.4, 0.5) is 0 Å². The Bertz CT molecular complexity index is 674. The van der Waals surface area contributed by atoms with Gasteiger partial charge in [-0.3, -0.25) is 0 Å². The molecule has 94 valence electrons. The maximum absolute atomic E-state index is 11.1. The van der Waals surface area contributed by atoms with E-state index in [1.54, 1.807) is 0 Å². The van der Waals surface area contributed by atoms with Crippen molar-refractivity contribution in [1.29, 1.82) is 0 Å². The molecule has 0 aliphatic carbocycles. The van der Waals surface area contributed by atoms with Gasteiger partial charge in [0, 0.05) is 0 Å². The largest absolute Gasteiger partial charge is 0.744 e. The molecule has 5 nitrogen and oxygen atoms in total.